The average molecular weight is 314 g/mol. The van der Waals surface area contributed by atoms with Gasteiger partial charge in [-0.05, 0) is 32.1 Å². The summed E-state index contributed by atoms with van der Waals surface area (Å²) >= 11 is 0. The number of aromatic nitrogens is 2. The second-order valence-electron chi connectivity index (χ2n) is 6.06. The van der Waals surface area contributed by atoms with Crippen molar-refractivity contribution in [2.75, 3.05) is 51.3 Å². The minimum atomic E-state index is 0.594. The van der Waals surface area contributed by atoms with Crippen molar-refractivity contribution in [2.24, 2.45) is 0 Å². The number of rotatable bonds is 6. The molecule has 5 nitrogen and oxygen atoms in total. The average Bonchev–Trinajstić information content (AvgIpc) is 2.79. The second-order valence-corrected chi connectivity index (χ2v) is 6.06. The van der Waals surface area contributed by atoms with E-state index in [1.54, 1.807) is 6.08 Å². The van der Waals surface area contributed by atoms with E-state index in [1.165, 1.54) is 11.9 Å². The molecule has 0 radical (unpaired) electrons. The molecule has 0 amide bonds. The topological polar surface area (TPSA) is 33.5 Å². The van der Waals surface area contributed by atoms with Crippen molar-refractivity contribution in [3.63, 3.8) is 0 Å². The third-order valence-corrected chi connectivity index (χ3v) is 4.33. The SMILES string of the molecule is C=CCOCCn1c(N2CCCN(C)CC2)nc2ccccc21. The van der Waals surface area contributed by atoms with Gasteiger partial charge in [-0.2, -0.15) is 0 Å². The summed E-state index contributed by atoms with van der Waals surface area (Å²) in [6, 6.07) is 8.35. The molecule has 5 heteroatoms. The quantitative estimate of drug-likeness (QED) is 0.605. The summed E-state index contributed by atoms with van der Waals surface area (Å²) in [5, 5.41) is 0. The number of fused-ring (bicyclic) bond motifs is 1. The second kappa shape index (κ2) is 7.62. The molecule has 124 valence electrons. The van der Waals surface area contributed by atoms with Gasteiger partial charge in [0.2, 0.25) is 5.95 Å². The van der Waals surface area contributed by atoms with Gasteiger partial charge in [0.05, 0.1) is 24.2 Å². The number of anilines is 1. The van der Waals surface area contributed by atoms with Crippen molar-refractivity contribution >= 4 is 17.0 Å². The Morgan fingerprint density at radius 3 is 2.96 bits per heavy atom. The molecule has 0 atom stereocenters. The summed E-state index contributed by atoms with van der Waals surface area (Å²) in [5.41, 5.74) is 2.24. The Morgan fingerprint density at radius 1 is 1.22 bits per heavy atom. The van der Waals surface area contributed by atoms with Gasteiger partial charge in [-0.3, -0.25) is 0 Å². The molecule has 1 aliphatic heterocycles. The Balaban J connectivity index is 1.86. The number of hydrogen-bond donors (Lipinski definition) is 0. The predicted octanol–water partition coefficient (Wildman–Crippen LogP) is 2.38. The van der Waals surface area contributed by atoms with Crippen LogP contribution in [0, 0.1) is 0 Å². The number of hydrogen-bond acceptors (Lipinski definition) is 4. The van der Waals surface area contributed by atoms with Crippen LogP contribution in [0.15, 0.2) is 36.9 Å². The van der Waals surface area contributed by atoms with Gasteiger partial charge in [0.15, 0.2) is 0 Å². The normalized spacial score (nSPS) is 16.7. The molecule has 0 aliphatic carbocycles. The standard InChI is InChI=1S/C18H26N4O/c1-3-14-23-15-13-22-17-8-5-4-7-16(17)19-18(22)21-10-6-9-20(2)11-12-21/h3-5,7-8H,1,6,9-15H2,2H3. The fourth-order valence-electron chi connectivity index (χ4n) is 3.09. The molecule has 1 aromatic heterocycles. The van der Waals surface area contributed by atoms with E-state index in [1.807, 2.05) is 6.07 Å². The van der Waals surface area contributed by atoms with Crippen LogP contribution < -0.4 is 4.90 Å². The van der Waals surface area contributed by atoms with Crippen molar-refractivity contribution in [3.05, 3.63) is 36.9 Å². The fourth-order valence-corrected chi connectivity index (χ4v) is 3.09. The molecular weight excluding hydrogens is 288 g/mol. The maximum atomic E-state index is 5.60. The fraction of sp³-hybridized carbons (Fsp3) is 0.500. The Bertz CT molecular complexity index is 652. The Labute approximate surface area is 138 Å². The van der Waals surface area contributed by atoms with Gasteiger partial charge in [-0.25, -0.2) is 4.98 Å². The Morgan fingerprint density at radius 2 is 2.09 bits per heavy atom. The molecule has 0 unspecified atom stereocenters. The number of likely N-dealkylation sites (N-methyl/N-ethyl adjacent to an activating group) is 1. The first-order valence-corrected chi connectivity index (χ1v) is 8.37. The van der Waals surface area contributed by atoms with Crippen molar-refractivity contribution in [1.29, 1.82) is 0 Å². The van der Waals surface area contributed by atoms with E-state index < -0.39 is 0 Å². The first kappa shape index (κ1) is 16.0. The van der Waals surface area contributed by atoms with Crippen molar-refractivity contribution in [3.8, 4) is 0 Å². The first-order chi connectivity index (χ1) is 11.3. The maximum absolute atomic E-state index is 5.60. The lowest BCUT2D eigenvalue weighted by atomic mass is 10.3. The highest BCUT2D eigenvalue weighted by Crippen LogP contribution is 2.23. The molecule has 1 saturated heterocycles. The van der Waals surface area contributed by atoms with E-state index in [0.29, 0.717) is 13.2 Å². The van der Waals surface area contributed by atoms with Gasteiger partial charge in [-0.15, -0.1) is 6.58 Å². The Kier molecular flexibility index (Phi) is 5.31. The molecule has 0 spiro atoms. The molecule has 23 heavy (non-hydrogen) atoms. The third kappa shape index (κ3) is 3.74. The molecule has 0 bridgehead atoms. The van der Waals surface area contributed by atoms with Gasteiger partial charge in [0.1, 0.15) is 0 Å². The van der Waals surface area contributed by atoms with Crippen LogP contribution in [0.1, 0.15) is 6.42 Å². The van der Waals surface area contributed by atoms with E-state index in [-0.39, 0.29) is 0 Å². The summed E-state index contributed by atoms with van der Waals surface area (Å²) < 4.78 is 7.89. The van der Waals surface area contributed by atoms with Gasteiger partial charge in [-0.1, -0.05) is 18.2 Å². The number of para-hydroxylation sites is 2. The molecule has 0 saturated carbocycles. The van der Waals surface area contributed by atoms with Crippen molar-refractivity contribution in [2.45, 2.75) is 13.0 Å². The molecule has 1 fully saturated rings. The summed E-state index contributed by atoms with van der Waals surface area (Å²) in [5.74, 6) is 1.07. The van der Waals surface area contributed by atoms with Crippen LogP contribution in [-0.4, -0.2) is 60.9 Å². The van der Waals surface area contributed by atoms with E-state index in [4.69, 9.17) is 9.72 Å². The van der Waals surface area contributed by atoms with E-state index >= 15 is 0 Å². The van der Waals surface area contributed by atoms with Crippen LogP contribution in [0.5, 0.6) is 0 Å². The Hall–Kier alpha value is -1.85. The van der Waals surface area contributed by atoms with Crippen LogP contribution in [0.25, 0.3) is 11.0 Å². The summed E-state index contributed by atoms with van der Waals surface area (Å²) in [4.78, 5) is 9.70. The smallest absolute Gasteiger partial charge is 0.206 e. The molecule has 0 N–H and O–H groups in total. The zero-order chi connectivity index (χ0) is 16.1. The van der Waals surface area contributed by atoms with Crippen molar-refractivity contribution < 1.29 is 4.74 Å². The van der Waals surface area contributed by atoms with E-state index in [0.717, 1.165) is 44.2 Å². The minimum absolute atomic E-state index is 0.594. The lowest BCUT2D eigenvalue weighted by Crippen LogP contribution is -2.31. The molecule has 1 aromatic carbocycles. The third-order valence-electron chi connectivity index (χ3n) is 4.33. The first-order valence-electron chi connectivity index (χ1n) is 8.37. The van der Waals surface area contributed by atoms with Gasteiger partial charge in [0.25, 0.3) is 0 Å². The van der Waals surface area contributed by atoms with Crippen LogP contribution in [0.2, 0.25) is 0 Å². The van der Waals surface area contributed by atoms with Crippen molar-refractivity contribution in [1.82, 2.24) is 14.5 Å². The maximum Gasteiger partial charge on any atom is 0.206 e. The van der Waals surface area contributed by atoms with Gasteiger partial charge in [0, 0.05) is 26.2 Å². The van der Waals surface area contributed by atoms with E-state index in [9.17, 15) is 0 Å². The van der Waals surface area contributed by atoms with Gasteiger partial charge >= 0.3 is 0 Å². The number of imidazole rings is 1. The highest BCUT2D eigenvalue weighted by Gasteiger charge is 2.19. The lowest BCUT2D eigenvalue weighted by Gasteiger charge is -2.23. The largest absolute Gasteiger partial charge is 0.376 e. The highest BCUT2D eigenvalue weighted by atomic mass is 16.5. The van der Waals surface area contributed by atoms with Crippen LogP contribution in [0.4, 0.5) is 5.95 Å². The predicted molar refractivity (Wildman–Crippen MR) is 95.1 cm³/mol. The zero-order valence-electron chi connectivity index (χ0n) is 13.9. The summed E-state index contributed by atoms with van der Waals surface area (Å²) in [6.07, 6.45) is 2.96. The monoisotopic (exact) mass is 314 g/mol. The lowest BCUT2D eigenvalue weighted by molar-refractivity contribution is 0.154. The number of ether oxygens (including phenoxy) is 1. The number of nitrogens with zero attached hydrogens (tertiary/aromatic N) is 4. The zero-order valence-corrected chi connectivity index (χ0v) is 13.9. The number of benzene rings is 1. The van der Waals surface area contributed by atoms with Crippen LogP contribution in [0.3, 0.4) is 0 Å². The molecule has 2 aromatic rings. The highest BCUT2D eigenvalue weighted by molar-refractivity contribution is 5.78. The summed E-state index contributed by atoms with van der Waals surface area (Å²) in [7, 11) is 2.19. The molecular formula is C18H26N4O. The molecule has 2 heterocycles. The van der Waals surface area contributed by atoms with Gasteiger partial charge < -0.3 is 19.1 Å². The van der Waals surface area contributed by atoms with Crippen LogP contribution in [-0.2, 0) is 11.3 Å². The minimum Gasteiger partial charge on any atom is -0.376 e. The molecule has 1 aliphatic rings. The molecule has 3 rings (SSSR count). The summed E-state index contributed by atoms with van der Waals surface area (Å²) in [6.45, 7) is 10.1. The van der Waals surface area contributed by atoms with E-state index in [2.05, 4.69) is 46.2 Å². The van der Waals surface area contributed by atoms with Crippen LogP contribution >= 0.6 is 0 Å².